The van der Waals surface area contributed by atoms with Gasteiger partial charge in [0, 0.05) is 24.9 Å². The Balaban J connectivity index is 1.53. The molecule has 5 heterocycles. The molecule has 0 saturated carbocycles. The van der Waals surface area contributed by atoms with E-state index in [0.29, 0.717) is 29.2 Å². The third kappa shape index (κ3) is 3.17. The number of amides is 2. The molecule has 7 rings (SSSR count). The summed E-state index contributed by atoms with van der Waals surface area (Å²) in [6, 6.07) is 15.6. The van der Waals surface area contributed by atoms with Crippen LogP contribution >= 0.6 is 0 Å². The van der Waals surface area contributed by atoms with Gasteiger partial charge in [-0.2, -0.15) is 0 Å². The van der Waals surface area contributed by atoms with Crippen LogP contribution in [0.1, 0.15) is 33.2 Å². The van der Waals surface area contributed by atoms with E-state index in [0.717, 1.165) is 22.0 Å². The maximum absolute atomic E-state index is 14.2. The lowest BCUT2D eigenvalue weighted by Gasteiger charge is -2.46. The van der Waals surface area contributed by atoms with Gasteiger partial charge in [-0.3, -0.25) is 19.0 Å². The van der Waals surface area contributed by atoms with Crippen molar-refractivity contribution in [1.82, 2.24) is 14.4 Å². The van der Waals surface area contributed by atoms with E-state index in [4.69, 9.17) is 9.47 Å². The molecule has 1 fully saturated rings. The van der Waals surface area contributed by atoms with Crippen molar-refractivity contribution < 1.29 is 28.4 Å². The number of piperazine rings is 1. The highest BCUT2D eigenvalue weighted by Crippen LogP contribution is 2.46. The molecular weight excluding hydrogens is 484 g/mol. The van der Waals surface area contributed by atoms with Crippen LogP contribution in [0.5, 0.6) is 11.5 Å². The van der Waals surface area contributed by atoms with E-state index in [-0.39, 0.29) is 31.1 Å². The standard InChI is InChI=1S/C29H25N4O5/c1-30-11-5-6-18(14-30)28(35)33-21-8-4-3-7-19(21)20-13-22-29(36)31(2)15-25(34)32(22)26(27(20)33)17-9-10-23-24(12-17)38-16-37-23/h3-12,14,22,26H,13,15-16H2,1-2H3/q+1/t22-,26-/m1/s1. The maximum atomic E-state index is 14.2. The van der Waals surface area contributed by atoms with Gasteiger partial charge in [-0.1, -0.05) is 24.3 Å². The lowest BCUT2D eigenvalue weighted by molar-refractivity contribution is -0.671. The summed E-state index contributed by atoms with van der Waals surface area (Å²) in [6.45, 7) is 0.0987. The number of hydrogen-bond acceptors (Lipinski definition) is 5. The van der Waals surface area contributed by atoms with Crippen molar-refractivity contribution in [2.24, 2.45) is 7.05 Å². The second-order valence-electron chi connectivity index (χ2n) is 10.0. The SMILES string of the molecule is CN1CC(=O)N2[C@H](c3ccc4c(c3)OCO4)c3c(c4ccccc4n3C(=O)c3ccc[n+](C)c3)C[C@@H]2C1=O. The molecule has 0 radical (unpaired) electrons. The number of hydrogen-bond donors (Lipinski definition) is 0. The summed E-state index contributed by atoms with van der Waals surface area (Å²) in [7, 11) is 3.53. The predicted octanol–water partition coefficient (Wildman–Crippen LogP) is 2.20. The molecule has 2 aromatic heterocycles. The number of para-hydroxylation sites is 1. The van der Waals surface area contributed by atoms with Crippen molar-refractivity contribution in [3.8, 4) is 11.5 Å². The minimum atomic E-state index is -0.673. The van der Waals surface area contributed by atoms with Gasteiger partial charge in [0.2, 0.25) is 18.6 Å². The first-order chi connectivity index (χ1) is 18.4. The van der Waals surface area contributed by atoms with Crippen molar-refractivity contribution >= 4 is 28.6 Å². The van der Waals surface area contributed by atoms with Gasteiger partial charge >= 0.3 is 0 Å². The van der Waals surface area contributed by atoms with Crippen LogP contribution in [0.25, 0.3) is 10.9 Å². The second kappa shape index (κ2) is 8.17. The molecule has 0 N–H and O–H groups in total. The van der Waals surface area contributed by atoms with Gasteiger partial charge in [0.05, 0.1) is 23.8 Å². The van der Waals surface area contributed by atoms with Gasteiger partial charge in [-0.25, -0.2) is 4.57 Å². The first-order valence-corrected chi connectivity index (χ1v) is 12.5. The fraction of sp³-hybridized carbons (Fsp3) is 0.241. The minimum absolute atomic E-state index is 0.0194. The fourth-order valence-corrected chi connectivity index (χ4v) is 6.04. The summed E-state index contributed by atoms with van der Waals surface area (Å²) >= 11 is 0. The third-order valence-electron chi connectivity index (χ3n) is 7.71. The van der Waals surface area contributed by atoms with Gasteiger partial charge in [-0.15, -0.1) is 0 Å². The number of rotatable bonds is 2. The van der Waals surface area contributed by atoms with Crippen LogP contribution in [0.4, 0.5) is 0 Å². The van der Waals surface area contributed by atoms with E-state index in [2.05, 4.69) is 0 Å². The molecule has 2 amide bonds. The Morgan fingerprint density at radius 3 is 2.68 bits per heavy atom. The van der Waals surface area contributed by atoms with Crippen molar-refractivity contribution in [3.63, 3.8) is 0 Å². The van der Waals surface area contributed by atoms with Crippen molar-refractivity contribution in [3.05, 3.63) is 89.4 Å². The minimum Gasteiger partial charge on any atom is -0.454 e. The summed E-state index contributed by atoms with van der Waals surface area (Å²) in [5, 5.41) is 0.898. The van der Waals surface area contributed by atoms with Gasteiger partial charge in [0.1, 0.15) is 18.7 Å². The smallest absolute Gasteiger partial charge is 0.268 e. The molecule has 0 spiro atoms. The lowest BCUT2D eigenvalue weighted by atomic mass is 9.86. The quantitative estimate of drug-likeness (QED) is 0.387. The van der Waals surface area contributed by atoms with Crippen LogP contribution in [0.15, 0.2) is 67.0 Å². The number of benzene rings is 2. The normalized spacial score (nSPS) is 20.1. The second-order valence-corrected chi connectivity index (χ2v) is 10.0. The topological polar surface area (TPSA) is 85.0 Å². The number of nitrogens with zero attached hydrogens (tertiary/aromatic N) is 4. The molecule has 9 heteroatoms. The molecule has 3 aliphatic heterocycles. The van der Waals surface area contributed by atoms with E-state index in [1.54, 1.807) is 28.8 Å². The van der Waals surface area contributed by atoms with Gasteiger partial charge < -0.3 is 19.3 Å². The number of carbonyl (C=O) groups excluding carboxylic acids is 3. The lowest BCUT2D eigenvalue weighted by Crippen LogP contribution is -2.62. The van der Waals surface area contributed by atoms with Crippen LogP contribution in [0.3, 0.4) is 0 Å². The Kier molecular flexibility index (Phi) is 4.85. The van der Waals surface area contributed by atoms with Crippen LogP contribution in [0.2, 0.25) is 0 Å². The highest BCUT2D eigenvalue weighted by molar-refractivity contribution is 6.05. The van der Waals surface area contributed by atoms with Crippen LogP contribution in [-0.4, -0.2) is 58.5 Å². The molecule has 2 aromatic carbocycles. The predicted molar refractivity (Wildman–Crippen MR) is 136 cm³/mol. The number of aryl methyl sites for hydroxylation is 1. The third-order valence-corrected chi connectivity index (χ3v) is 7.71. The Labute approximate surface area is 218 Å². The van der Waals surface area contributed by atoms with E-state index in [1.165, 1.54) is 4.90 Å². The van der Waals surface area contributed by atoms with Crippen LogP contribution in [0, 0.1) is 0 Å². The largest absolute Gasteiger partial charge is 0.454 e. The number of aromatic nitrogens is 2. The summed E-state index contributed by atoms with van der Waals surface area (Å²) in [5.74, 6) is 0.717. The van der Waals surface area contributed by atoms with Crippen LogP contribution < -0.4 is 14.0 Å². The summed E-state index contributed by atoms with van der Waals surface area (Å²) in [5.41, 5.74) is 3.61. The van der Waals surface area contributed by atoms with Crippen LogP contribution in [-0.2, 0) is 23.1 Å². The Morgan fingerprint density at radius 2 is 1.84 bits per heavy atom. The number of fused-ring (bicyclic) bond motifs is 5. The summed E-state index contributed by atoms with van der Waals surface area (Å²) < 4.78 is 14.7. The molecule has 9 nitrogen and oxygen atoms in total. The summed E-state index contributed by atoms with van der Waals surface area (Å²) in [4.78, 5) is 44.4. The molecule has 4 aromatic rings. The Hall–Kier alpha value is -4.66. The summed E-state index contributed by atoms with van der Waals surface area (Å²) in [6.07, 6.45) is 3.98. The van der Waals surface area contributed by atoms with Gasteiger partial charge in [-0.05, 0) is 35.4 Å². The van der Waals surface area contributed by atoms with Gasteiger partial charge in [0.25, 0.3) is 5.91 Å². The molecule has 0 bridgehead atoms. The Bertz CT molecular complexity index is 1680. The molecule has 1 saturated heterocycles. The molecule has 2 atom stereocenters. The molecule has 0 unspecified atom stereocenters. The molecule has 3 aliphatic rings. The number of likely N-dealkylation sites (N-methyl/N-ethyl adjacent to an activating group) is 1. The van der Waals surface area contributed by atoms with E-state index >= 15 is 0 Å². The fourth-order valence-electron chi connectivity index (χ4n) is 6.04. The zero-order valence-electron chi connectivity index (χ0n) is 21.0. The Morgan fingerprint density at radius 1 is 1.03 bits per heavy atom. The van der Waals surface area contributed by atoms with E-state index in [9.17, 15) is 14.4 Å². The first-order valence-electron chi connectivity index (χ1n) is 12.5. The highest BCUT2D eigenvalue weighted by Gasteiger charge is 2.49. The maximum Gasteiger partial charge on any atom is 0.268 e. The number of ether oxygens (including phenoxy) is 2. The zero-order chi connectivity index (χ0) is 26.1. The molecule has 0 aliphatic carbocycles. The highest BCUT2D eigenvalue weighted by atomic mass is 16.7. The average molecular weight is 510 g/mol. The molecule has 190 valence electrons. The number of carbonyl (C=O) groups is 3. The number of pyridine rings is 1. The molecule has 38 heavy (non-hydrogen) atoms. The van der Waals surface area contributed by atoms with Crippen molar-refractivity contribution in [2.45, 2.75) is 18.5 Å². The van der Waals surface area contributed by atoms with E-state index < -0.39 is 12.1 Å². The van der Waals surface area contributed by atoms with Crippen molar-refractivity contribution in [1.29, 1.82) is 0 Å². The monoisotopic (exact) mass is 509 g/mol. The molecular formula is C29H25N4O5+. The first kappa shape index (κ1) is 22.5. The van der Waals surface area contributed by atoms with Gasteiger partial charge in [0.15, 0.2) is 23.9 Å². The average Bonchev–Trinajstić information content (AvgIpc) is 3.52. The van der Waals surface area contributed by atoms with Crippen molar-refractivity contribution in [2.75, 3.05) is 20.4 Å². The van der Waals surface area contributed by atoms with E-state index in [1.807, 2.05) is 66.3 Å². The zero-order valence-corrected chi connectivity index (χ0v) is 21.0.